The van der Waals surface area contributed by atoms with Crippen LogP contribution in [0.2, 0.25) is 0 Å². The number of carbonyl (C=O) groups excluding carboxylic acids is 2. The number of hydrogen-bond donors (Lipinski definition) is 3. The molecule has 2 aromatic carbocycles. The number of nitrogens with zero attached hydrogens (tertiary/aromatic N) is 3. The number of rotatable bonds is 8. The van der Waals surface area contributed by atoms with Crippen LogP contribution in [0.1, 0.15) is 71.6 Å². The maximum absolute atomic E-state index is 14.1. The molecule has 1 saturated carbocycles. The number of hydrogen-bond acceptors (Lipinski definition) is 6. The van der Waals surface area contributed by atoms with E-state index in [2.05, 4.69) is 16.0 Å². The van der Waals surface area contributed by atoms with E-state index >= 15 is 0 Å². The zero-order valence-corrected chi connectivity index (χ0v) is 24.2. The molecule has 1 amide bonds. The van der Waals surface area contributed by atoms with Crippen molar-refractivity contribution >= 4 is 29.3 Å². The number of anilines is 1. The SMILES string of the molecule is COC1CCN(c2cccc3c2CCN(C(=O)C2CCC(N=C(N)N)CC2)C3C(=O)Cc2ccc(C(=O)O)cc2)CC1. The highest BCUT2D eigenvalue weighted by atomic mass is 16.5. The fourth-order valence-electron chi connectivity index (χ4n) is 6.82. The van der Waals surface area contributed by atoms with Crippen LogP contribution in [0.5, 0.6) is 0 Å². The van der Waals surface area contributed by atoms with Crippen molar-refractivity contribution < 1.29 is 24.2 Å². The third-order valence-corrected chi connectivity index (χ3v) is 9.06. The minimum absolute atomic E-state index is 0.00897. The van der Waals surface area contributed by atoms with Gasteiger partial charge in [-0.15, -0.1) is 0 Å². The molecule has 224 valence electrons. The van der Waals surface area contributed by atoms with Gasteiger partial charge < -0.3 is 31.1 Å². The number of ether oxygens (including phenoxy) is 1. The molecule has 1 saturated heterocycles. The lowest BCUT2D eigenvalue weighted by molar-refractivity contribution is -0.144. The zero-order valence-electron chi connectivity index (χ0n) is 24.2. The molecule has 5 N–H and O–H groups in total. The monoisotopic (exact) mass is 575 g/mol. The summed E-state index contributed by atoms with van der Waals surface area (Å²) in [5.74, 6) is -1.19. The molecule has 0 bridgehead atoms. The van der Waals surface area contributed by atoms with Gasteiger partial charge in [-0.05, 0) is 79.8 Å². The Hall–Kier alpha value is -3.92. The van der Waals surface area contributed by atoms with Crippen LogP contribution in [-0.2, 0) is 27.2 Å². The number of methoxy groups -OCH3 is 1. The molecule has 1 unspecified atom stereocenters. The molecule has 1 aliphatic carbocycles. The molecule has 0 aromatic heterocycles. The summed E-state index contributed by atoms with van der Waals surface area (Å²) in [5.41, 5.74) is 15.2. The van der Waals surface area contributed by atoms with E-state index in [1.807, 2.05) is 12.1 Å². The summed E-state index contributed by atoms with van der Waals surface area (Å²) in [7, 11) is 1.76. The van der Waals surface area contributed by atoms with Gasteiger partial charge >= 0.3 is 5.97 Å². The maximum Gasteiger partial charge on any atom is 0.335 e. The van der Waals surface area contributed by atoms with Gasteiger partial charge in [0.2, 0.25) is 5.91 Å². The van der Waals surface area contributed by atoms with Crippen molar-refractivity contribution in [2.75, 3.05) is 31.6 Å². The Kier molecular flexibility index (Phi) is 9.11. The van der Waals surface area contributed by atoms with Crippen molar-refractivity contribution in [3.63, 3.8) is 0 Å². The quantitative estimate of drug-likeness (QED) is 0.321. The Labute approximate surface area is 246 Å². The second-order valence-electron chi connectivity index (χ2n) is 11.7. The van der Waals surface area contributed by atoms with Gasteiger partial charge in [0.05, 0.1) is 17.7 Å². The largest absolute Gasteiger partial charge is 0.478 e. The number of carbonyl (C=O) groups is 3. The predicted molar refractivity (Wildman–Crippen MR) is 161 cm³/mol. The second kappa shape index (κ2) is 12.9. The van der Waals surface area contributed by atoms with Crippen LogP contribution >= 0.6 is 0 Å². The molecular weight excluding hydrogens is 534 g/mol. The smallest absolute Gasteiger partial charge is 0.335 e. The lowest BCUT2D eigenvalue weighted by Crippen LogP contribution is -2.47. The molecule has 0 radical (unpaired) electrons. The highest BCUT2D eigenvalue weighted by Gasteiger charge is 2.40. The summed E-state index contributed by atoms with van der Waals surface area (Å²) < 4.78 is 5.57. The number of ketones is 1. The minimum atomic E-state index is -1.01. The first-order valence-corrected chi connectivity index (χ1v) is 14.9. The fourth-order valence-corrected chi connectivity index (χ4v) is 6.82. The molecule has 3 aliphatic rings. The van der Waals surface area contributed by atoms with Gasteiger partial charge in [0.15, 0.2) is 11.7 Å². The van der Waals surface area contributed by atoms with Crippen LogP contribution in [0.15, 0.2) is 47.5 Å². The summed E-state index contributed by atoms with van der Waals surface area (Å²) in [6, 6.07) is 11.8. The lowest BCUT2D eigenvalue weighted by atomic mass is 9.82. The summed E-state index contributed by atoms with van der Waals surface area (Å²) in [4.78, 5) is 47.9. The number of carboxylic acids is 1. The number of aliphatic imine (C=N–C) groups is 1. The van der Waals surface area contributed by atoms with E-state index < -0.39 is 12.0 Å². The number of piperidine rings is 1. The van der Waals surface area contributed by atoms with Crippen LogP contribution in [-0.4, -0.2) is 72.5 Å². The Balaban J connectivity index is 1.42. The minimum Gasteiger partial charge on any atom is -0.478 e. The highest BCUT2D eigenvalue weighted by molar-refractivity contribution is 5.93. The molecule has 2 aromatic rings. The van der Waals surface area contributed by atoms with Gasteiger partial charge in [-0.1, -0.05) is 24.3 Å². The molecular formula is C32H41N5O5. The summed E-state index contributed by atoms with van der Waals surface area (Å²) in [6.45, 7) is 2.23. The van der Waals surface area contributed by atoms with Gasteiger partial charge in [-0.3, -0.25) is 14.6 Å². The van der Waals surface area contributed by atoms with E-state index in [4.69, 9.17) is 16.2 Å². The molecule has 2 heterocycles. The first-order chi connectivity index (χ1) is 20.2. The number of benzene rings is 2. The Bertz CT molecular complexity index is 1320. The number of amides is 1. The molecule has 1 atom stereocenters. The Morgan fingerprint density at radius 3 is 2.26 bits per heavy atom. The van der Waals surface area contributed by atoms with Gasteiger partial charge in [-0.25, -0.2) is 4.79 Å². The normalized spacial score (nSPS) is 22.7. The van der Waals surface area contributed by atoms with E-state index in [9.17, 15) is 19.5 Å². The van der Waals surface area contributed by atoms with Crippen molar-refractivity contribution in [3.05, 3.63) is 64.7 Å². The van der Waals surface area contributed by atoms with Gasteiger partial charge in [0.1, 0.15) is 6.04 Å². The first kappa shape index (κ1) is 29.6. The van der Waals surface area contributed by atoms with Gasteiger partial charge in [0, 0.05) is 44.8 Å². The lowest BCUT2D eigenvalue weighted by Gasteiger charge is -2.42. The topological polar surface area (TPSA) is 152 Å². The summed E-state index contributed by atoms with van der Waals surface area (Å²) in [5, 5.41) is 9.27. The number of carboxylic acid groups (broad SMARTS) is 1. The highest BCUT2D eigenvalue weighted by Crippen LogP contribution is 2.39. The summed E-state index contributed by atoms with van der Waals surface area (Å²) in [6.07, 6.45) is 5.76. The van der Waals surface area contributed by atoms with Crippen molar-refractivity contribution in [3.8, 4) is 0 Å². The van der Waals surface area contributed by atoms with E-state index in [1.165, 1.54) is 12.1 Å². The van der Waals surface area contributed by atoms with Crippen molar-refractivity contribution in [1.82, 2.24) is 4.90 Å². The van der Waals surface area contributed by atoms with Crippen molar-refractivity contribution in [2.45, 2.75) is 69.6 Å². The van der Waals surface area contributed by atoms with E-state index in [0.29, 0.717) is 25.8 Å². The number of aromatic carboxylic acids is 1. The van der Waals surface area contributed by atoms with Gasteiger partial charge in [-0.2, -0.15) is 0 Å². The molecule has 5 rings (SSSR count). The third-order valence-electron chi connectivity index (χ3n) is 9.06. The van der Waals surface area contributed by atoms with E-state index in [0.717, 1.165) is 61.2 Å². The molecule has 2 aliphatic heterocycles. The van der Waals surface area contributed by atoms with Crippen LogP contribution in [0.3, 0.4) is 0 Å². The molecule has 0 spiro atoms. The zero-order chi connectivity index (χ0) is 29.8. The average molecular weight is 576 g/mol. The number of Topliss-reactive ketones (excluding diaryl/α,β-unsaturated/α-hetero) is 1. The van der Waals surface area contributed by atoms with Crippen LogP contribution < -0.4 is 16.4 Å². The van der Waals surface area contributed by atoms with Gasteiger partial charge in [0.25, 0.3) is 0 Å². The fraction of sp³-hybridized carbons (Fsp3) is 0.500. The van der Waals surface area contributed by atoms with Crippen LogP contribution in [0.4, 0.5) is 5.69 Å². The standard InChI is InChI=1S/C32H41N5O5/c1-42-24-13-16-36(17-14-24)27-4-2-3-26-25(27)15-18-37(30(39)21-9-11-23(12-10-21)35-32(33)34)29(26)28(38)19-20-5-7-22(8-6-20)31(40)41/h2-8,21,23-24,29H,9-19H2,1H3,(H,40,41)(H4,33,34,35). The summed E-state index contributed by atoms with van der Waals surface area (Å²) >= 11 is 0. The number of fused-ring (bicyclic) bond motifs is 1. The van der Waals surface area contributed by atoms with Crippen molar-refractivity contribution in [1.29, 1.82) is 0 Å². The van der Waals surface area contributed by atoms with E-state index in [1.54, 1.807) is 24.1 Å². The Morgan fingerprint density at radius 2 is 1.64 bits per heavy atom. The molecule has 10 nitrogen and oxygen atoms in total. The van der Waals surface area contributed by atoms with Crippen LogP contribution in [0, 0.1) is 5.92 Å². The molecule has 2 fully saturated rings. The van der Waals surface area contributed by atoms with Crippen molar-refractivity contribution in [2.24, 2.45) is 22.4 Å². The number of guanidine groups is 1. The number of nitrogens with two attached hydrogens (primary N) is 2. The maximum atomic E-state index is 14.1. The molecule has 10 heteroatoms. The van der Waals surface area contributed by atoms with E-state index in [-0.39, 0.29) is 47.7 Å². The third kappa shape index (κ3) is 6.43. The van der Waals surface area contributed by atoms with Crippen LogP contribution in [0.25, 0.3) is 0 Å². The second-order valence-corrected chi connectivity index (χ2v) is 11.7. The molecule has 42 heavy (non-hydrogen) atoms. The average Bonchev–Trinajstić information content (AvgIpc) is 3.00. The first-order valence-electron chi connectivity index (χ1n) is 14.9. The Morgan fingerprint density at radius 1 is 0.952 bits per heavy atom. The predicted octanol–water partition coefficient (Wildman–Crippen LogP) is 3.07.